The molecule has 0 aliphatic heterocycles. The van der Waals surface area contributed by atoms with Crippen LogP contribution in [-0.2, 0) is 17.6 Å². The molecule has 4 nitrogen and oxygen atoms in total. The minimum absolute atomic E-state index is 0.238. The number of hydrogen-bond donors (Lipinski definition) is 2. The summed E-state index contributed by atoms with van der Waals surface area (Å²) >= 11 is 7.48. The zero-order valence-corrected chi connectivity index (χ0v) is 20.6. The van der Waals surface area contributed by atoms with Gasteiger partial charge in [0.05, 0.1) is 12.7 Å². The highest BCUT2D eigenvalue weighted by atomic mass is 32.1. The van der Waals surface area contributed by atoms with Crippen molar-refractivity contribution in [3.05, 3.63) is 16.0 Å². The van der Waals surface area contributed by atoms with Gasteiger partial charge in [-0.2, -0.15) is 0 Å². The number of nitrogens with one attached hydrogen (secondary N) is 2. The molecular formula is C25H36N2O2S2. The average molecular weight is 461 g/mol. The van der Waals surface area contributed by atoms with Gasteiger partial charge < -0.3 is 15.4 Å². The first-order valence-electron chi connectivity index (χ1n) is 12.3. The van der Waals surface area contributed by atoms with Gasteiger partial charge in [-0.3, -0.25) is 0 Å². The Morgan fingerprint density at radius 3 is 2.29 bits per heavy atom. The van der Waals surface area contributed by atoms with Gasteiger partial charge in [-0.05, 0) is 112 Å². The topological polar surface area (TPSA) is 50.4 Å². The van der Waals surface area contributed by atoms with Gasteiger partial charge in [-0.1, -0.05) is 12.8 Å². The second-order valence-corrected chi connectivity index (χ2v) is 12.2. The third kappa shape index (κ3) is 4.15. The van der Waals surface area contributed by atoms with Crippen LogP contribution in [0.15, 0.2) is 0 Å². The van der Waals surface area contributed by atoms with Gasteiger partial charge in [-0.25, -0.2) is 4.79 Å². The Hall–Kier alpha value is -1.14. The number of rotatable bonds is 4. The van der Waals surface area contributed by atoms with E-state index in [4.69, 9.17) is 17.0 Å². The number of carbonyl (C=O) groups excluding carboxylic acids is 1. The van der Waals surface area contributed by atoms with Crippen molar-refractivity contribution in [2.45, 2.75) is 90.0 Å². The monoisotopic (exact) mass is 460 g/mol. The molecule has 6 rings (SSSR count). The molecule has 0 spiro atoms. The molecule has 4 saturated carbocycles. The molecule has 0 radical (unpaired) electrons. The van der Waals surface area contributed by atoms with Gasteiger partial charge in [0, 0.05) is 10.9 Å². The number of esters is 1. The molecule has 4 fully saturated rings. The molecule has 5 aliphatic carbocycles. The lowest BCUT2D eigenvalue weighted by Gasteiger charge is -2.59. The summed E-state index contributed by atoms with van der Waals surface area (Å²) in [6.07, 6.45) is 15.3. The summed E-state index contributed by atoms with van der Waals surface area (Å²) in [5.74, 6) is 2.55. The van der Waals surface area contributed by atoms with E-state index in [1.165, 1.54) is 75.3 Å². The number of aryl methyl sites for hydroxylation is 1. The number of hydrogen-bond acceptors (Lipinski definition) is 4. The van der Waals surface area contributed by atoms with Crippen molar-refractivity contribution in [3.8, 4) is 0 Å². The van der Waals surface area contributed by atoms with E-state index in [1.54, 1.807) is 11.3 Å². The number of methoxy groups -OCH3 is 1. The molecule has 1 aromatic rings. The van der Waals surface area contributed by atoms with E-state index in [9.17, 15) is 4.79 Å². The van der Waals surface area contributed by atoms with Crippen molar-refractivity contribution < 1.29 is 9.53 Å². The van der Waals surface area contributed by atoms with Gasteiger partial charge in [0.15, 0.2) is 5.11 Å². The van der Waals surface area contributed by atoms with Crippen LogP contribution in [0.25, 0.3) is 0 Å². The van der Waals surface area contributed by atoms with E-state index in [-0.39, 0.29) is 5.97 Å². The lowest BCUT2D eigenvalue weighted by molar-refractivity contribution is -0.0671. The summed E-state index contributed by atoms with van der Waals surface area (Å²) in [5.41, 5.74) is 2.31. The third-order valence-electron chi connectivity index (χ3n) is 8.64. The van der Waals surface area contributed by atoms with E-state index in [1.807, 2.05) is 0 Å². The predicted octanol–water partition coefficient (Wildman–Crippen LogP) is 6.09. The number of ether oxygens (including phenoxy) is 1. The number of thiophene rings is 1. The summed E-state index contributed by atoms with van der Waals surface area (Å²) in [7, 11) is 1.48. The Balaban J connectivity index is 1.32. The maximum absolute atomic E-state index is 12.7. The van der Waals surface area contributed by atoms with Crippen molar-refractivity contribution in [1.82, 2.24) is 5.32 Å². The molecule has 5 aliphatic rings. The average Bonchev–Trinajstić information content (AvgIpc) is 3.02. The summed E-state index contributed by atoms with van der Waals surface area (Å²) in [4.78, 5) is 14.0. The first kappa shape index (κ1) is 21.7. The standard InChI is InChI=1S/C25H36N2O2S2/c1-15(25-12-16-9-17(13-25)11-18(10-16)14-25)26-24(30)27-22-21(23(28)29-2)19-7-5-3-4-6-8-20(19)31-22/h15-18H,3-14H2,1-2H3,(H2,26,27,30). The predicted molar refractivity (Wildman–Crippen MR) is 131 cm³/mol. The fourth-order valence-electron chi connectivity index (χ4n) is 7.52. The number of fused-ring (bicyclic) bond motifs is 1. The van der Waals surface area contributed by atoms with E-state index >= 15 is 0 Å². The van der Waals surface area contributed by atoms with Gasteiger partial charge in [0.1, 0.15) is 5.00 Å². The van der Waals surface area contributed by atoms with Crippen LogP contribution in [0.4, 0.5) is 5.00 Å². The Bertz CT molecular complexity index is 827. The highest BCUT2D eigenvalue weighted by Crippen LogP contribution is 2.61. The van der Waals surface area contributed by atoms with Crippen molar-refractivity contribution in [2.24, 2.45) is 23.2 Å². The van der Waals surface area contributed by atoms with E-state index < -0.39 is 0 Å². The van der Waals surface area contributed by atoms with Crippen LogP contribution in [-0.4, -0.2) is 24.2 Å². The SMILES string of the molecule is COC(=O)c1c(NC(=S)NC(C)C23CC4CC(CC(C4)C2)C3)sc2c1CCCCCC2. The van der Waals surface area contributed by atoms with Crippen molar-refractivity contribution in [3.63, 3.8) is 0 Å². The maximum Gasteiger partial charge on any atom is 0.341 e. The van der Waals surface area contributed by atoms with Crippen molar-refractivity contribution >= 4 is 39.6 Å². The Kier molecular flexibility index (Phi) is 6.06. The quantitative estimate of drug-likeness (QED) is 0.421. The second kappa shape index (κ2) is 8.66. The fourth-order valence-corrected chi connectivity index (χ4v) is 9.15. The number of anilines is 1. The molecule has 0 aromatic carbocycles. The van der Waals surface area contributed by atoms with Gasteiger partial charge >= 0.3 is 5.97 Å². The Morgan fingerprint density at radius 1 is 1.06 bits per heavy atom. The van der Waals surface area contributed by atoms with E-state index in [2.05, 4.69) is 17.6 Å². The molecule has 2 N–H and O–H groups in total. The van der Waals surface area contributed by atoms with Crippen molar-refractivity contribution in [1.29, 1.82) is 0 Å². The first-order chi connectivity index (χ1) is 15.0. The van der Waals surface area contributed by atoms with Crippen LogP contribution in [0.2, 0.25) is 0 Å². The Morgan fingerprint density at radius 2 is 1.68 bits per heavy atom. The minimum Gasteiger partial charge on any atom is -0.465 e. The zero-order valence-electron chi connectivity index (χ0n) is 18.9. The van der Waals surface area contributed by atoms with Crippen LogP contribution >= 0.6 is 23.6 Å². The lowest BCUT2D eigenvalue weighted by atomic mass is 9.48. The minimum atomic E-state index is -0.238. The third-order valence-corrected chi connectivity index (χ3v) is 10.1. The first-order valence-corrected chi connectivity index (χ1v) is 13.5. The molecule has 6 heteroatoms. The van der Waals surface area contributed by atoms with Crippen LogP contribution in [0.1, 0.15) is 91.9 Å². The summed E-state index contributed by atoms with van der Waals surface area (Å²) in [6, 6.07) is 0.364. The van der Waals surface area contributed by atoms with Crippen LogP contribution in [0.5, 0.6) is 0 Å². The molecule has 1 unspecified atom stereocenters. The maximum atomic E-state index is 12.7. The molecule has 1 atom stereocenters. The van der Waals surface area contributed by atoms with Crippen molar-refractivity contribution in [2.75, 3.05) is 12.4 Å². The molecule has 31 heavy (non-hydrogen) atoms. The summed E-state index contributed by atoms with van der Waals surface area (Å²) in [6.45, 7) is 2.33. The number of carbonyl (C=O) groups is 1. The van der Waals surface area contributed by atoms with Crippen LogP contribution in [0, 0.1) is 23.2 Å². The van der Waals surface area contributed by atoms with Crippen LogP contribution < -0.4 is 10.6 Å². The zero-order chi connectivity index (χ0) is 21.6. The Labute approximate surface area is 195 Å². The molecule has 0 saturated heterocycles. The summed E-state index contributed by atoms with van der Waals surface area (Å²) < 4.78 is 5.16. The molecular weight excluding hydrogens is 424 g/mol. The molecule has 1 heterocycles. The lowest BCUT2D eigenvalue weighted by Crippen LogP contribution is -2.56. The number of thiocarbonyl (C=S) groups is 1. The van der Waals surface area contributed by atoms with Crippen LogP contribution in [0.3, 0.4) is 0 Å². The van der Waals surface area contributed by atoms with E-state index in [0.717, 1.165) is 47.6 Å². The summed E-state index contributed by atoms with van der Waals surface area (Å²) in [5, 5.41) is 8.60. The van der Waals surface area contributed by atoms with E-state index in [0.29, 0.717) is 16.6 Å². The molecule has 170 valence electrons. The second-order valence-electron chi connectivity index (χ2n) is 10.7. The highest BCUT2D eigenvalue weighted by molar-refractivity contribution is 7.80. The van der Waals surface area contributed by atoms with Gasteiger partial charge in [-0.15, -0.1) is 11.3 Å². The highest BCUT2D eigenvalue weighted by Gasteiger charge is 2.53. The molecule has 0 amide bonds. The molecule has 4 bridgehead atoms. The smallest absolute Gasteiger partial charge is 0.341 e. The van der Waals surface area contributed by atoms with Gasteiger partial charge in [0.2, 0.25) is 0 Å². The normalized spacial score (nSPS) is 32.5. The fraction of sp³-hybridized carbons (Fsp3) is 0.760. The molecule has 1 aromatic heterocycles. The largest absolute Gasteiger partial charge is 0.465 e. The van der Waals surface area contributed by atoms with Gasteiger partial charge in [0.25, 0.3) is 0 Å².